The average Bonchev–Trinajstić information content (AvgIpc) is 3.79. The number of esters is 2. The molecule has 0 N–H and O–H groups in total. The molecule has 0 amide bonds. The second-order valence-corrected chi connectivity index (χ2v) is 21.9. The second kappa shape index (κ2) is 21.0. The molecule has 0 aromatic heterocycles. The van der Waals surface area contributed by atoms with Crippen LogP contribution < -0.4 is 14.2 Å². The van der Waals surface area contributed by atoms with Crippen LogP contribution in [0.25, 0.3) is 6.08 Å². The molecule has 1 aliphatic heterocycles. The van der Waals surface area contributed by atoms with Gasteiger partial charge in [0.2, 0.25) is 0 Å². The summed E-state index contributed by atoms with van der Waals surface area (Å²) < 4.78 is 53.3. The van der Waals surface area contributed by atoms with Gasteiger partial charge in [-0.15, -0.1) is 0 Å². The first-order chi connectivity index (χ1) is 27.8. The molecule has 0 bridgehead atoms. The van der Waals surface area contributed by atoms with Crippen LogP contribution in [-0.2, 0) is 35.0 Å². The van der Waals surface area contributed by atoms with Gasteiger partial charge in [-0.3, -0.25) is 0 Å². The van der Waals surface area contributed by atoms with Crippen molar-refractivity contribution in [3.63, 3.8) is 0 Å². The summed E-state index contributed by atoms with van der Waals surface area (Å²) in [7, 11) is 3.26. The zero-order valence-corrected chi connectivity index (χ0v) is 36.2. The van der Waals surface area contributed by atoms with Gasteiger partial charge in [-0.25, -0.2) is 9.59 Å². The Kier molecular flexibility index (Phi) is 16.2. The Balaban J connectivity index is 1.39. The van der Waals surface area contributed by atoms with E-state index in [0.29, 0.717) is 36.5 Å². The largest absolute Gasteiger partial charge is 0.497 e. The van der Waals surface area contributed by atoms with Crippen LogP contribution in [0.3, 0.4) is 0 Å². The van der Waals surface area contributed by atoms with E-state index in [1.807, 2.05) is 62.4 Å². The lowest BCUT2D eigenvalue weighted by Crippen LogP contribution is -2.37. The third kappa shape index (κ3) is 13.0. The molecule has 1 aliphatic carbocycles. The molecule has 2 aliphatic rings. The maximum Gasteiger partial charge on any atom is 0.342 e. The van der Waals surface area contributed by atoms with Crippen LogP contribution in [-0.4, -0.2) is 84.9 Å². The molecule has 2 fully saturated rings. The smallest absolute Gasteiger partial charge is 0.342 e. The third-order valence-corrected chi connectivity index (χ3v) is 11.8. The zero-order valence-electron chi connectivity index (χ0n) is 35.2. The van der Waals surface area contributed by atoms with Crippen molar-refractivity contribution in [1.82, 2.24) is 0 Å². The van der Waals surface area contributed by atoms with Crippen molar-refractivity contribution in [2.24, 2.45) is 5.92 Å². The number of hydrogen-bond acceptors (Lipinski definition) is 11. The van der Waals surface area contributed by atoms with Gasteiger partial charge in [0.25, 0.3) is 0 Å². The summed E-state index contributed by atoms with van der Waals surface area (Å²) in [6, 6.07) is 21.0. The summed E-state index contributed by atoms with van der Waals surface area (Å²) in [5.74, 6) is -0.216. The third-order valence-electron chi connectivity index (χ3n) is 10.1. The molecule has 0 spiro atoms. The Bertz CT molecular complexity index is 1830. The molecule has 0 radical (unpaired) electrons. The number of carbonyl (C=O) groups is 2. The molecule has 1 heterocycles. The lowest BCUT2D eigenvalue weighted by molar-refractivity contribution is -0.152. The first-order valence-corrected chi connectivity index (χ1v) is 23.7. The van der Waals surface area contributed by atoms with E-state index in [2.05, 4.69) is 25.7 Å². The zero-order chi connectivity index (χ0) is 41.7. The second-order valence-electron chi connectivity index (χ2n) is 16.3. The summed E-state index contributed by atoms with van der Waals surface area (Å²) in [6.45, 7) is 11.1. The standard InChI is InChI=1S/C46H60O11Si/c1-46(2)56-40(19-13-17-35-28-37(51-5)29-41(54-31-49-3)42(35)45(48)52-26-27-58(6,7)8)43(57-46)39(55-44(47)34-14-10-9-11-15-34)25-22-33-16-12-18-38(33)53-30-32-20-23-36(50-4)24-21-32/h9-11,13-15,17,20-25,28-29,33,38-40,43H,12,16,18-19,26-27,30-31H2,1-8H3/t33?,38-,39?,40?,43?/m1/s1. The Morgan fingerprint density at radius 1 is 0.914 bits per heavy atom. The van der Waals surface area contributed by atoms with Gasteiger partial charge in [0.1, 0.15) is 35.0 Å². The molecule has 11 nitrogen and oxygen atoms in total. The molecule has 3 aromatic carbocycles. The van der Waals surface area contributed by atoms with E-state index in [0.717, 1.165) is 36.6 Å². The number of ether oxygens (including phenoxy) is 9. The molecule has 5 atom stereocenters. The molecule has 58 heavy (non-hydrogen) atoms. The van der Waals surface area contributed by atoms with Crippen molar-refractivity contribution >= 4 is 26.1 Å². The van der Waals surface area contributed by atoms with E-state index in [-0.39, 0.29) is 30.1 Å². The quantitative estimate of drug-likeness (QED) is 0.0470. The van der Waals surface area contributed by atoms with E-state index in [9.17, 15) is 9.59 Å². The van der Waals surface area contributed by atoms with Crippen LogP contribution in [0.5, 0.6) is 17.2 Å². The Labute approximate surface area is 344 Å². The Morgan fingerprint density at radius 2 is 1.66 bits per heavy atom. The van der Waals surface area contributed by atoms with Crippen LogP contribution in [0.4, 0.5) is 0 Å². The topological polar surface area (TPSA) is 117 Å². The number of hydrogen-bond donors (Lipinski definition) is 0. The van der Waals surface area contributed by atoms with Gasteiger partial charge in [-0.1, -0.05) is 74.6 Å². The first-order valence-electron chi connectivity index (χ1n) is 20.0. The van der Waals surface area contributed by atoms with Crippen molar-refractivity contribution in [3.8, 4) is 17.2 Å². The minimum absolute atomic E-state index is 0.0109. The number of benzene rings is 3. The summed E-state index contributed by atoms with van der Waals surface area (Å²) in [5, 5.41) is 0. The van der Waals surface area contributed by atoms with Gasteiger partial charge < -0.3 is 42.6 Å². The summed E-state index contributed by atoms with van der Waals surface area (Å²) >= 11 is 0. The minimum atomic E-state index is -1.45. The van der Waals surface area contributed by atoms with Crippen LogP contribution in [0.15, 0.2) is 85.0 Å². The van der Waals surface area contributed by atoms with Crippen molar-refractivity contribution in [2.45, 2.75) is 102 Å². The van der Waals surface area contributed by atoms with Gasteiger partial charge in [-0.2, -0.15) is 0 Å². The lowest BCUT2D eigenvalue weighted by atomic mass is 9.99. The normalized spacial score (nSPS) is 21.0. The SMILES string of the molecule is COCOc1cc(OC)cc(C=CCC2OC(C)(C)OC2C(C=CC2CCC[C@H]2OCc2ccc(OC)cc2)OC(=O)c2ccccc2)c1C(=O)OCC[Si](C)(C)C. The van der Waals surface area contributed by atoms with Crippen molar-refractivity contribution in [3.05, 3.63) is 107 Å². The Hall–Kier alpha value is -4.46. The lowest BCUT2D eigenvalue weighted by Gasteiger charge is -2.25. The molecule has 3 aromatic rings. The average molecular weight is 817 g/mol. The highest BCUT2D eigenvalue weighted by Gasteiger charge is 2.45. The molecule has 5 rings (SSSR count). The molecule has 314 valence electrons. The van der Waals surface area contributed by atoms with Crippen molar-refractivity contribution < 1.29 is 52.2 Å². The van der Waals surface area contributed by atoms with Gasteiger partial charge in [-0.05, 0) is 86.7 Å². The van der Waals surface area contributed by atoms with E-state index in [4.69, 9.17) is 42.6 Å². The monoisotopic (exact) mass is 816 g/mol. The van der Waals surface area contributed by atoms with Crippen LogP contribution in [0.1, 0.15) is 71.4 Å². The molecular formula is C46H60O11Si. The number of methoxy groups -OCH3 is 3. The summed E-state index contributed by atoms with van der Waals surface area (Å²) in [5.41, 5.74) is 2.32. The van der Waals surface area contributed by atoms with Crippen molar-refractivity contribution in [1.29, 1.82) is 0 Å². The minimum Gasteiger partial charge on any atom is -0.497 e. The van der Waals surface area contributed by atoms with Crippen molar-refractivity contribution in [2.75, 3.05) is 34.7 Å². The molecule has 4 unspecified atom stereocenters. The van der Waals surface area contributed by atoms with Gasteiger partial charge in [0.15, 0.2) is 12.6 Å². The van der Waals surface area contributed by atoms with E-state index in [1.54, 1.807) is 50.6 Å². The highest BCUT2D eigenvalue weighted by atomic mass is 28.3. The molecule has 12 heteroatoms. The highest BCUT2D eigenvalue weighted by Crippen LogP contribution is 2.37. The Morgan fingerprint density at radius 3 is 2.34 bits per heavy atom. The maximum absolute atomic E-state index is 13.6. The van der Waals surface area contributed by atoms with Crippen LogP contribution >= 0.6 is 0 Å². The fourth-order valence-electron chi connectivity index (χ4n) is 7.03. The predicted octanol–water partition coefficient (Wildman–Crippen LogP) is 9.27. The fraction of sp³-hybridized carbons (Fsp3) is 0.478. The van der Waals surface area contributed by atoms with E-state index in [1.165, 1.54) is 7.11 Å². The fourth-order valence-corrected chi connectivity index (χ4v) is 7.74. The molecule has 1 saturated carbocycles. The summed E-state index contributed by atoms with van der Waals surface area (Å²) in [4.78, 5) is 27.2. The van der Waals surface area contributed by atoms with Crippen LogP contribution in [0, 0.1) is 5.92 Å². The first kappa shape index (κ1) is 44.6. The number of carbonyl (C=O) groups excluding carboxylic acids is 2. The molecular weight excluding hydrogens is 757 g/mol. The maximum atomic E-state index is 13.6. The van der Waals surface area contributed by atoms with Crippen LogP contribution in [0.2, 0.25) is 25.7 Å². The predicted molar refractivity (Wildman–Crippen MR) is 225 cm³/mol. The van der Waals surface area contributed by atoms with Gasteiger partial charge >= 0.3 is 11.9 Å². The summed E-state index contributed by atoms with van der Waals surface area (Å²) in [6.07, 6.45) is 9.11. The number of rotatable bonds is 20. The molecule has 1 saturated heterocycles. The highest BCUT2D eigenvalue weighted by molar-refractivity contribution is 6.76. The van der Waals surface area contributed by atoms with E-state index >= 15 is 0 Å². The van der Waals surface area contributed by atoms with Gasteiger partial charge in [0.05, 0.1) is 45.2 Å². The van der Waals surface area contributed by atoms with Gasteiger partial charge in [0, 0.05) is 27.2 Å². The van der Waals surface area contributed by atoms with E-state index < -0.39 is 44.1 Å².